The molecule has 104 valence electrons. The molecule has 1 heteroatoms. The first kappa shape index (κ1) is 15.5. The predicted molar refractivity (Wildman–Crippen MR) is 78.7 cm³/mol. The van der Waals surface area contributed by atoms with Crippen LogP contribution in [0.5, 0.6) is 0 Å². The van der Waals surface area contributed by atoms with Gasteiger partial charge >= 0.3 is 0 Å². The van der Waals surface area contributed by atoms with Gasteiger partial charge in [0.25, 0.3) is 0 Å². The summed E-state index contributed by atoms with van der Waals surface area (Å²) in [5, 5.41) is 0. The smallest absolute Gasteiger partial charge is 0.133 e. The number of hydrogen-bond acceptors (Lipinski definition) is 1. The number of carbonyl (C=O) groups excluding carboxylic acids is 1. The maximum absolute atomic E-state index is 11.8. The van der Waals surface area contributed by atoms with Gasteiger partial charge in [0.1, 0.15) is 5.78 Å². The highest BCUT2D eigenvalue weighted by molar-refractivity contribution is 5.78. The number of ketones is 1. The van der Waals surface area contributed by atoms with E-state index in [9.17, 15) is 4.79 Å². The lowest BCUT2D eigenvalue weighted by atomic mass is 9.97. The van der Waals surface area contributed by atoms with Crippen LogP contribution in [-0.2, 0) is 4.79 Å². The molecule has 0 fully saturated rings. The Morgan fingerprint density at radius 1 is 0.889 bits per heavy atom. The number of carbonyl (C=O) groups is 1. The van der Waals surface area contributed by atoms with Crippen molar-refractivity contribution in [2.45, 2.75) is 84.0 Å². The molecule has 0 aromatic carbocycles. The van der Waals surface area contributed by atoms with E-state index in [1.165, 1.54) is 51.4 Å². The molecule has 0 aromatic heterocycles. The van der Waals surface area contributed by atoms with Crippen LogP contribution in [0.1, 0.15) is 84.0 Å². The molecule has 1 rings (SSSR count). The summed E-state index contributed by atoms with van der Waals surface area (Å²) in [6.45, 7) is 2.20. The van der Waals surface area contributed by atoms with Crippen molar-refractivity contribution < 1.29 is 4.79 Å². The summed E-state index contributed by atoms with van der Waals surface area (Å²) in [5.41, 5.74) is 0. The van der Waals surface area contributed by atoms with E-state index in [1.807, 2.05) is 0 Å². The molecule has 0 bridgehead atoms. The standard InChI is InChI=1S/C17H30O/c1-16-13-11-9-7-5-3-2-4-6-8-10-12-14-17(18)15-16/h9,11,16H,2-8,10,12-15H2,1H3/b11-9-. The number of rotatable bonds is 0. The van der Waals surface area contributed by atoms with Crippen molar-refractivity contribution in [3.8, 4) is 0 Å². The second-order valence-electron chi connectivity index (χ2n) is 5.92. The van der Waals surface area contributed by atoms with Crippen molar-refractivity contribution in [3.63, 3.8) is 0 Å². The van der Waals surface area contributed by atoms with Crippen molar-refractivity contribution in [1.29, 1.82) is 0 Å². The Bertz CT molecular complexity index is 242. The summed E-state index contributed by atoms with van der Waals surface area (Å²) in [6, 6.07) is 0. The normalized spacial score (nSPS) is 27.8. The van der Waals surface area contributed by atoms with Crippen LogP contribution in [0.3, 0.4) is 0 Å². The molecule has 0 aromatic rings. The lowest BCUT2D eigenvalue weighted by Crippen LogP contribution is -2.04. The highest BCUT2D eigenvalue weighted by Gasteiger charge is 2.07. The van der Waals surface area contributed by atoms with Gasteiger partial charge in [0, 0.05) is 12.8 Å². The van der Waals surface area contributed by atoms with Crippen LogP contribution in [0.25, 0.3) is 0 Å². The maximum atomic E-state index is 11.8. The fourth-order valence-corrected chi connectivity index (χ4v) is 2.67. The molecular weight excluding hydrogens is 220 g/mol. The molecule has 18 heavy (non-hydrogen) atoms. The number of allylic oxidation sites excluding steroid dienone is 2. The summed E-state index contributed by atoms with van der Waals surface area (Å²) < 4.78 is 0. The highest BCUT2D eigenvalue weighted by atomic mass is 16.1. The van der Waals surface area contributed by atoms with Crippen molar-refractivity contribution in [3.05, 3.63) is 12.2 Å². The van der Waals surface area contributed by atoms with Gasteiger partial charge in [0.15, 0.2) is 0 Å². The minimum atomic E-state index is 0.475. The molecule has 0 amide bonds. The molecule has 0 aliphatic heterocycles. The molecule has 0 saturated carbocycles. The van der Waals surface area contributed by atoms with Crippen LogP contribution in [0.2, 0.25) is 0 Å². The fraction of sp³-hybridized carbons (Fsp3) is 0.824. The van der Waals surface area contributed by atoms with Crippen molar-refractivity contribution in [2.24, 2.45) is 5.92 Å². The summed E-state index contributed by atoms with van der Waals surface area (Å²) >= 11 is 0. The Labute approximate surface area is 113 Å². The first-order chi connectivity index (χ1) is 8.79. The molecule has 1 atom stereocenters. The van der Waals surface area contributed by atoms with Gasteiger partial charge in [-0.15, -0.1) is 0 Å². The van der Waals surface area contributed by atoms with Crippen LogP contribution in [0, 0.1) is 5.92 Å². The molecule has 1 unspecified atom stereocenters. The third-order valence-electron chi connectivity index (χ3n) is 3.86. The first-order valence-corrected chi connectivity index (χ1v) is 7.95. The van der Waals surface area contributed by atoms with Gasteiger partial charge in [-0.05, 0) is 31.6 Å². The molecule has 0 heterocycles. The van der Waals surface area contributed by atoms with E-state index < -0.39 is 0 Å². The highest BCUT2D eigenvalue weighted by Crippen LogP contribution is 2.15. The molecule has 0 N–H and O–H groups in total. The largest absolute Gasteiger partial charge is 0.300 e. The van der Waals surface area contributed by atoms with E-state index in [1.54, 1.807) is 0 Å². The van der Waals surface area contributed by atoms with E-state index in [2.05, 4.69) is 19.1 Å². The van der Waals surface area contributed by atoms with Gasteiger partial charge in [-0.25, -0.2) is 0 Å². The quantitative estimate of drug-likeness (QED) is 0.523. The number of Topliss-reactive ketones (excluding diaryl/α,β-unsaturated/α-hetero) is 1. The SMILES string of the molecule is CC1C/C=C\CCCCCCCCCCC(=O)C1. The van der Waals surface area contributed by atoms with Gasteiger partial charge in [-0.2, -0.15) is 0 Å². The zero-order chi connectivity index (χ0) is 13.1. The predicted octanol–water partition coefficient (Wildman–Crippen LogP) is 5.44. The second kappa shape index (κ2) is 10.3. The van der Waals surface area contributed by atoms with Gasteiger partial charge in [0.05, 0.1) is 0 Å². The molecule has 0 radical (unpaired) electrons. The van der Waals surface area contributed by atoms with Gasteiger partial charge in [0.2, 0.25) is 0 Å². The third kappa shape index (κ3) is 8.49. The van der Waals surface area contributed by atoms with Crippen LogP contribution in [-0.4, -0.2) is 5.78 Å². The molecule has 0 spiro atoms. The zero-order valence-corrected chi connectivity index (χ0v) is 12.1. The Kier molecular flexibility index (Phi) is 8.89. The van der Waals surface area contributed by atoms with E-state index >= 15 is 0 Å². The molecule has 1 aliphatic rings. The molecule has 0 saturated heterocycles. The monoisotopic (exact) mass is 250 g/mol. The van der Waals surface area contributed by atoms with Crippen LogP contribution < -0.4 is 0 Å². The Morgan fingerprint density at radius 2 is 1.50 bits per heavy atom. The fourth-order valence-electron chi connectivity index (χ4n) is 2.67. The molecule has 1 aliphatic carbocycles. The first-order valence-electron chi connectivity index (χ1n) is 7.95. The van der Waals surface area contributed by atoms with Crippen molar-refractivity contribution in [2.75, 3.05) is 0 Å². The zero-order valence-electron chi connectivity index (χ0n) is 12.1. The summed E-state index contributed by atoms with van der Waals surface area (Å²) in [7, 11) is 0. The third-order valence-corrected chi connectivity index (χ3v) is 3.86. The second-order valence-corrected chi connectivity index (χ2v) is 5.92. The van der Waals surface area contributed by atoms with E-state index in [-0.39, 0.29) is 0 Å². The lowest BCUT2D eigenvalue weighted by Gasteiger charge is -2.08. The molecular formula is C17H30O. The topological polar surface area (TPSA) is 17.1 Å². The van der Waals surface area contributed by atoms with E-state index in [0.717, 1.165) is 25.7 Å². The maximum Gasteiger partial charge on any atom is 0.133 e. The van der Waals surface area contributed by atoms with Gasteiger partial charge in [-0.3, -0.25) is 4.79 Å². The summed E-state index contributed by atoms with van der Waals surface area (Å²) in [6.07, 6.45) is 19.0. The minimum Gasteiger partial charge on any atom is -0.300 e. The average Bonchev–Trinajstić information content (AvgIpc) is 2.33. The summed E-state index contributed by atoms with van der Waals surface area (Å²) in [4.78, 5) is 11.8. The Balaban J connectivity index is 2.29. The van der Waals surface area contributed by atoms with Gasteiger partial charge in [-0.1, -0.05) is 57.6 Å². The van der Waals surface area contributed by atoms with E-state index in [0.29, 0.717) is 11.7 Å². The Morgan fingerprint density at radius 3 is 2.22 bits per heavy atom. The average molecular weight is 250 g/mol. The van der Waals surface area contributed by atoms with Gasteiger partial charge < -0.3 is 0 Å². The van der Waals surface area contributed by atoms with Crippen LogP contribution >= 0.6 is 0 Å². The lowest BCUT2D eigenvalue weighted by molar-refractivity contribution is -0.119. The van der Waals surface area contributed by atoms with Crippen molar-refractivity contribution >= 4 is 5.78 Å². The minimum absolute atomic E-state index is 0.475. The Hall–Kier alpha value is -0.590. The molecule has 1 nitrogen and oxygen atoms in total. The number of hydrogen-bond donors (Lipinski definition) is 0. The van der Waals surface area contributed by atoms with Crippen LogP contribution in [0.15, 0.2) is 12.2 Å². The van der Waals surface area contributed by atoms with Crippen LogP contribution in [0.4, 0.5) is 0 Å². The summed E-state index contributed by atoms with van der Waals surface area (Å²) in [5.74, 6) is 1.00. The van der Waals surface area contributed by atoms with E-state index in [4.69, 9.17) is 0 Å². The van der Waals surface area contributed by atoms with Crippen molar-refractivity contribution in [1.82, 2.24) is 0 Å².